The van der Waals surface area contributed by atoms with Gasteiger partial charge in [0, 0.05) is 17.9 Å². The molecule has 12 heteroatoms. The second kappa shape index (κ2) is 10.1. The molecule has 1 aromatic heterocycles. The van der Waals surface area contributed by atoms with Gasteiger partial charge in [-0.05, 0) is 56.3 Å². The number of halogens is 1. The van der Waals surface area contributed by atoms with Crippen molar-refractivity contribution < 1.29 is 17.9 Å². The zero-order valence-corrected chi connectivity index (χ0v) is 21.0. The number of rotatable bonds is 8. The summed E-state index contributed by atoms with van der Waals surface area (Å²) in [6.07, 6.45) is 2.25. The lowest BCUT2D eigenvalue weighted by Crippen LogP contribution is -2.39. The highest BCUT2D eigenvalue weighted by atomic mass is 35.5. The van der Waals surface area contributed by atoms with E-state index in [1.165, 1.54) is 19.3 Å². The SMILES string of the molecule is CCCN1C(=O)COc2ccc(Nc3nc(Nc4ccc(C)c(S(=O)(=O)NC)c4)ncc3Cl)cc21. The Kier molecular flexibility index (Phi) is 7.10. The predicted octanol–water partition coefficient (Wildman–Crippen LogP) is 3.97. The van der Waals surface area contributed by atoms with Crippen molar-refractivity contribution >= 4 is 56.4 Å². The molecule has 3 N–H and O–H groups in total. The number of anilines is 5. The lowest BCUT2D eigenvalue weighted by Gasteiger charge is -2.29. The highest BCUT2D eigenvalue weighted by molar-refractivity contribution is 7.89. The predicted molar refractivity (Wildman–Crippen MR) is 136 cm³/mol. The molecular weight excluding hydrogens is 492 g/mol. The van der Waals surface area contributed by atoms with Crippen molar-refractivity contribution in [2.24, 2.45) is 0 Å². The first kappa shape index (κ1) is 24.7. The first-order valence-electron chi connectivity index (χ1n) is 10.9. The summed E-state index contributed by atoms with van der Waals surface area (Å²) in [6, 6.07) is 10.3. The van der Waals surface area contributed by atoms with Crippen molar-refractivity contribution in [3.8, 4) is 5.75 Å². The Balaban J connectivity index is 1.60. The molecule has 2 aromatic carbocycles. The number of carbonyl (C=O) groups excluding carboxylic acids is 1. The van der Waals surface area contributed by atoms with Gasteiger partial charge in [-0.25, -0.2) is 18.1 Å². The van der Waals surface area contributed by atoms with Crippen molar-refractivity contribution in [1.82, 2.24) is 14.7 Å². The standard InChI is InChI=1S/C23H25ClN6O4S/c1-4-9-30-18-10-15(7-8-19(18)34-13-21(30)31)27-22-17(24)12-26-23(29-22)28-16-6-5-14(2)20(11-16)35(32,33)25-3/h5-8,10-12,25H,4,9,13H2,1-3H3,(H2,26,27,28,29). The van der Waals surface area contributed by atoms with E-state index in [-0.39, 0.29) is 28.4 Å². The molecule has 0 saturated heterocycles. The number of aryl methyl sites for hydroxylation is 1. The summed E-state index contributed by atoms with van der Waals surface area (Å²) in [4.78, 5) is 22.8. The highest BCUT2D eigenvalue weighted by Crippen LogP contribution is 2.36. The molecule has 2 heterocycles. The fourth-order valence-electron chi connectivity index (χ4n) is 3.61. The molecule has 0 radical (unpaired) electrons. The van der Waals surface area contributed by atoms with E-state index in [2.05, 4.69) is 25.3 Å². The second-order valence-corrected chi connectivity index (χ2v) is 10.1. The molecule has 184 valence electrons. The molecular formula is C23H25ClN6O4S. The zero-order valence-electron chi connectivity index (χ0n) is 19.4. The van der Waals surface area contributed by atoms with Gasteiger partial charge < -0.3 is 20.3 Å². The van der Waals surface area contributed by atoms with Gasteiger partial charge in [0.15, 0.2) is 12.4 Å². The maximum atomic E-state index is 12.3. The lowest BCUT2D eigenvalue weighted by molar-refractivity contribution is -0.121. The Morgan fingerprint density at radius 1 is 1.14 bits per heavy atom. The number of ether oxygens (including phenoxy) is 1. The molecule has 0 saturated carbocycles. The molecule has 4 rings (SSSR count). The number of carbonyl (C=O) groups is 1. The molecule has 1 amide bonds. The van der Waals surface area contributed by atoms with E-state index >= 15 is 0 Å². The van der Waals surface area contributed by atoms with Crippen LogP contribution in [0.15, 0.2) is 47.5 Å². The van der Waals surface area contributed by atoms with Crippen LogP contribution in [0.3, 0.4) is 0 Å². The van der Waals surface area contributed by atoms with Crippen LogP contribution >= 0.6 is 11.6 Å². The lowest BCUT2D eigenvalue weighted by atomic mass is 10.2. The van der Waals surface area contributed by atoms with Crippen LogP contribution in [0.5, 0.6) is 5.75 Å². The zero-order chi connectivity index (χ0) is 25.2. The van der Waals surface area contributed by atoms with Crippen molar-refractivity contribution in [3.63, 3.8) is 0 Å². The number of hydrogen-bond donors (Lipinski definition) is 3. The van der Waals surface area contributed by atoms with Crippen LogP contribution in [0.2, 0.25) is 5.02 Å². The van der Waals surface area contributed by atoms with E-state index < -0.39 is 10.0 Å². The molecule has 35 heavy (non-hydrogen) atoms. The van der Waals surface area contributed by atoms with Crippen molar-refractivity contribution in [1.29, 1.82) is 0 Å². The normalized spacial score (nSPS) is 13.3. The van der Waals surface area contributed by atoms with E-state index in [9.17, 15) is 13.2 Å². The molecule has 0 fully saturated rings. The van der Waals surface area contributed by atoms with Gasteiger partial charge in [-0.2, -0.15) is 4.98 Å². The van der Waals surface area contributed by atoms with Crippen molar-refractivity contribution in [2.75, 3.05) is 35.7 Å². The van der Waals surface area contributed by atoms with Crippen LogP contribution in [0.1, 0.15) is 18.9 Å². The number of nitrogens with zero attached hydrogens (tertiary/aromatic N) is 3. The van der Waals surface area contributed by atoms with E-state index in [1.54, 1.807) is 36.1 Å². The highest BCUT2D eigenvalue weighted by Gasteiger charge is 2.25. The van der Waals surface area contributed by atoms with Crippen LogP contribution in [0.4, 0.5) is 28.8 Å². The van der Waals surface area contributed by atoms with E-state index in [4.69, 9.17) is 16.3 Å². The van der Waals surface area contributed by atoms with Crippen molar-refractivity contribution in [3.05, 3.63) is 53.2 Å². The average Bonchev–Trinajstić information content (AvgIpc) is 2.84. The summed E-state index contributed by atoms with van der Waals surface area (Å²) >= 11 is 6.33. The number of nitrogens with one attached hydrogen (secondary N) is 3. The van der Waals surface area contributed by atoms with E-state index in [1.807, 2.05) is 13.0 Å². The van der Waals surface area contributed by atoms with Gasteiger partial charge in [-0.15, -0.1) is 0 Å². The summed E-state index contributed by atoms with van der Waals surface area (Å²) < 4.78 is 32.4. The number of benzene rings is 2. The number of sulfonamides is 1. The van der Waals surface area contributed by atoms with Crippen LogP contribution in [-0.2, 0) is 14.8 Å². The van der Waals surface area contributed by atoms with Crippen LogP contribution in [-0.4, -0.2) is 44.5 Å². The quantitative estimate of drug-likeness (QED) is 0.410. The number of amides is 1. The second-order valence-electron chi connectivity index (χ2n) is 7.84. The van der Waals surface area contributed by atoms with Gasteiger partial charge in [0.2, 0.25) is 16.0 Å². The minimum absolute atomic E-state index is 0.0168. The van der Waals surface area contributed by atoms with Gasteiger partial charge in [0.05, 0.1) is 16.8 Å². The fourth-order valence-corrected chi connectivity index (χ4v) is 4.74. The van der Waals surface area contributed by atoms with E-state index in [0.29, 0.717) is 40.7 Å². The van der Waals surface area contributed by atoms with Crippen molar-refractivity contribution in [2.45, 2.75) is 25.2 Å². The summed E-state index contributed by atoms with van der Waals surface area (Å²) in [6.45, 7) is 4.32. The Morgan fingerprint density at radius 2 is 1.89 bits per heavy atom. The van der Waals surface area contributed by atoms with Gasteiger partial charge in [-0.3, -0.25) is 4.79 Å². The van der Waals surface area contributed by atoms with Crippen LogP contribution in [0, 0.1) is 6.92 Å². The minimum Gasteiger partial charge on any atom is -0.482 e. The average molecular weight is 517 g/mol. The molecule has 10 nitrogen and oxygen atoms in total. The first-order valence-corrected chi connectivity index (χ1v) is 12.8. The molecule has 1 aliphatic heterocycles. The maximum Gasteiger partial charge on any atom is 0.265 e. The minimum atomic E-state index is -3.62. The summed E-state index contributed by atoms with van der Waals surface area (Å²) in [5.74, 6) is 1.09. The maximum absolute atomic E-state index is 12.3. The number of fused-ring (bicyclic) bond motifs is 1. The number of aromatic nitrogens is 2. The van der Waals surface area contributed by atoms with Gasteiger partial charge in [-0.1, -0.05) is 24.6 Å². The summed E-state index contributed by atoms with van der Waals surface area (Å²) in [5.41, 5.74) is 2.44. The van der Waals surface area contributed by atoms with Gasteiger partial charge in [0.25, 0.3) is 5.91 Å². The van der Waals surface area contributed by atoms with Gasteiger partial charge >= 0.3 is 0 Å². The Labute approximate surface area is 208 Å². The largest absolute Gasteiger partial charge is 0.482 e. The monoisotopic (exact) mass is 516 g/mol. The Hall–Kier alpha value is -3.41. The molecule has 1 aliphatic rings. The molecule has 3 aromatic rings. The summed E-state index contributed by atoms with van der Waals surface area (Å²) in [7, 11) is -2.26. The van der Waals surface area contributed by atoms with E-state index in [0.717, 1.165) is 6.42 Å². The topological polar surface area (TPSA) is 126 Å². The smallest absolute Gasteiger partial charge is 0.265 e. The summed E-state index contributed by atoms with van der Waals surface area (Å²) in [5, 5.41) is 6.46. The fraction of sp³-hybridized carbons (Fsp3) is 0.261. The Bertz CT molecular complexity index is 1380. The van der Waals surface area contributed by atoms with Gasteiger partial charge in [0.1, 0.15) is 10.8 Å². The molecule has 0 atom stereocenters. The molecule has 0 spiro atoms. The molecule has 0 unspecified atom stereocenters. The third kappa shape index (κ3) is 5.31. The third-order valence-electron chi connectivity index (χ3n) is 5.36. The third-order valence-corrected chi connectivity index (χ3v) is 7.19. The Morgan fingerprint density at radius 3 is 2.63 bits per heavy atom. The molecule has 0 bridgehead atoms. The number of hydrogen-bond acceptors (Lipinski definition) is 8. The first-order chi connectivity index (χ1) is 16.7. The molecule has 0 aliphatic carbocycles. The van der Waals surface area contributed by atoms with Crippen LogP contribution in [0.25, 0.3) is 0 Å². The van der Waals surface area contributed by atoms with Crippen LogP contribution < -0.4 is 25.0 Å².